The topological polar surface area (TPSA) is 113 Å². The summed E-state index contributed by atoms with van der Waals surface area (Å²) in [5, 5.41) is 25.9. The predicted octanol–water partition coefficient (Wildman–Crippen LogP) is 7.06. The van der Waals surface area contributed by atoms with Gasteiger partial charge >= 0.3 is 12.1 Å². The van der Waals surface area contributed by atoms with E-state index in [0.717, 1.165) is 43.1 Å². The largest absolute Gasteiger partial charge is 0.511 e. The van der Waals surface area contributed by atoms with Crippen LogP contribution in [0.1, 0.15) is 92.7 Å². The van der Waals surface area contributed by atoms with E-state index in [0.29, 0.717) is 17.2 Å². The van der Waals surface area contributed by atoms with Gasteiger partial charge < -0.3 is 9.84 Å². The van der Waals surface area contributed by atoms with Crippen LogP contribution >= 0.6 is 0 Å². The van der Waals surface area contributed by atoms with Crippen molar-refractivity contribution in [1.82, 2.24) is 19.6 Å². The lowest BCUT2D eigenvalue weighted by Crippen LogP contribution is -2.40. The number of aliphatic hydroxyl groups excluding tert-OH is 1. The molecular formula is C33H38F3N5O3. The number of cyclic esters (lactones) is 1. The molecule has 1 saturated carbocycles. The minimum absolute atomic E-state index is 0.0124. The molecule has 0 spiro atoms. The maximum absolute atomic E-state index is 14.3. The summed E-state index contributed by atoms with van der Waals surface area (Å²) in [6, 6.07) is 8.19. The third kappa shape index (κ3) is 5.91. The van der Waals surface area contributed by atoms with Gasteiger partial charge in [0.05, 0.1) is 28.5 Å². The van der Waals surface area contributed by atoms with Gasteiger partial charge in [-0.25, -0.2) is 14.3 Å². The monoisotopic (exact) mass is 609 g/mol. The van der Waals surface area contributed by atoms with Crippen LogP contribution in [0.25, 0.3) is 5.78 Å². The number of rotatable bonds is 9. The van der Waals surface area contributed by atoms with Crippen molar-refractivity contribution in [3.8, 4) is 6.07 Å². The first-order valence-corrected chi connectivity index (χ1v) is 15.4. The number of hydrogen-bond donors (Lipinski definition) is 1. The summed E-state index contributed by atoms with van der Waals surface area (Å²) >= 11 is 0. The first-order chi connectivity index (χ1) is 20.9. The third-order valence-corrected chi connectivity index (χ3v) is 9.48. The lowest BCUT2D eigenvalue weighted by Gasteiger charge is -2.36. The molecule has 8 nitrogen and oxygen atoms in total. The Morgan fingerprint density at radius 2 is 1.80 bits per heavy atom. The van der Waals surface area contributed by atoms with E-state index in [1.54, 1.807) is 24.4 Å². The Balaban J connectivity index is 1.47. The Hall–Kier alpha value is -3.94. The fourth-order valence-corrected chi connectivity index (χ4v) is 6.95. The number of aromatic nitrogens is 4. The molecule has 1 N–H and O–H groups in total. The second-order valence-electron chi connectivity index (χ2n) is 12.2. The maximum atomic E-state index is 14.3. The van der Waals surface area contributed by atoms with E-state index in [-0.39, 0.29) is 54.9 Å². The number of carbonyl (C=O) groups is 1. The van der Waals surface area contributed by atoms with Gasteiger partial charge in [-0.3, -0.25) is 0 Å². The number of alkyl halides is 3. The number of hydrogen-bond acceptors (Lipinski definition) is 7. The summed E-state index contributed by atoms with van der Waals surface area (Å²) in [6.07, 6.45) is -0.543. The van der Waals surface area contributed by atoms with Crippen molar-refractivity contribution in [3.63, 3.8) is 0 Å². The summed E-state index contributed by atoms with van der Waals surface area (Å²) in [5.41, 5.74) is 0.0483. The zero-order chi connectivity index (χ0) is 31.8. The van der Waals surface area contributed by atoms with Crippen LogP contribution in [0, 0.1) is 37.0 Å². The molecule has 0 amide bonds. The fourth-order valence-electron chi connectivity index (χ4n) is 6.95. The molecule has 1 aliphatic heterocycles. The Morgan fingerprint density at radius 1 is 1.09 bits per heavy atom. The van der Waals surface area contributed by atoms with E-state index in [1.165, 1.54) is 6.07 Å². The summed E-state index contributed by atoms with van der Waals surface area (Å²) in [4.78, 5) is 22.1. The number of esters is 1. The Kier molecular flexibility index (Phi) is 8.74. The summed E-state index contributed by atoms with van der Waals surface area (Å²) in [5.74, 6) is -0.548. The van der Waals surface area contributed by atoms with E-state index in [2.05, 4.69) is 21.1 Å². The lowest BCUT2D eigenvalue weighted by atomic mass is 9.74. The Morgan fingerprint density at radius 3 is 2.43 bits per heavy atom. The number of carbonyl (C=O) groups excluding carboxylic acids is 1. The van der Waals surface area contributed by atoms with Crippen molar-refractivity contribution in [2.45, 2.75) is 103 Å². The van der Waals surface area contributed by atoms with Crippen molar-refractivity contribution in [2.24, 2.45) is 11.8 Å². The molecule has 2 aliphatic rings. The fraction of sp³-hybridized carbons (Fsp3) is 0.545. The number of ether oxygens (including phenoxy) is 1. The molecule has 1 aliphatic carbocycles. The van der Waals surface area contributed by atoms with E-state index >= 15 is 0 Å². The third-order valence-electron chi connectivity index (χ3n) is 9.48. The molecule has 2 atom stereocenters. The number of fused-ring (bicyclic) bond motifs is 1. The van der Waals surface area contributed by atoms with Gasteiger partial charge in [0, 0.05) is 17.8 Å². The van der Waals surface area contributed by atoms with Crippen LogP contribution in [0.2, 0.25) is 0 Å². The molecule has 0 bridgehead atoms. The van der Waals surface area contributed by atoms with Crippen LogP contribution in [0.5, 0.6) is 0 Å². The van der Waals surface area contributed by atoms with Gasteiger partial charge in [0.25, 0.3) is 5.78 Å². The molecule has 0 saturated heterocycles. The van der Waals surface area contributed by atoms with Gasteiger partial charge in [0.2, 0.25) is 0 Å². The van der Waals surface area contributed by atoms with Gasteiger partial charge in [-0.15, -0.1) is 5.10 Å². The van der Waals surface area contributed by atoms with Crippen molar-refractivity contribution in [3.05, 3.63) is 69.5 Å². The highest BCUT2D eigenvalue weighted by Gasteiger charge is 2.44. The predicted molar refractivity (Wildman–Crippen MR) is 157 cm³/mol. The average Bonchev–Trinajstić information content (AvgIpc) is 3.66. The summed E-state index contributed by atoms with van der Waals surface area (Å²) in [7, 11) is 0. The molecule has 5 rings (SSSR count). The SMILES string of the molecule is CCC(C#N)(CC)c1ccc(CCC2C(O)=C(Cc3nc4nc(C)cc(C)n4n3)C(=O)OC2C2CCCC2)cc1C(F)(F)F. The van der Waals surface area contributed by atoms with Crippen LogP contribution in [0.3, 0.4) is 0 Å². The van der Waals surface area contributed by atoms with Crippen LogP contribution in [-0.2, 0) is 34.0 Å². The molecule has 3 aromatic rings. The van der Waals surface area contributed by atoms with Crippen LogP contribution < -0.4 is 0 Å². The van der Waals surface area contributed by atoms with Crippen LogP contribution in [0.15, 0.2) is 35.6 Å². The molecule has 0 radical (unpaired) electrons. The van der Waals surface area contributed by atoms with E-state index in [4.69, 9.17) is 4.74 Å². The van der Waals surface area contributed by atoms with E-state index in [9.17, 15) is 28.3 Å². The summed E-state index contributed by atoms with van der Waals surface area (Å²) < 4.78 is 50.4. The maximum Gasteiger partial charge on any atom is 0.416 e. The summed E-state index contributed by atoms with van der Waals surface area (Å²) in [6.45, 7) is 7.17. The minimum atomic E-state index is -4.63. The molecule has 44 heavy (non-hydrogen) atoms. The molecule has 1 aromatic carbocycles. The van der Waals surface area contributed by atoms with Gasteiger partial charge in [0.1, 0.15) is 11.9 Å². The van der Waals surface area contributed by atoms with Crippen LogP contribution in [0.4, 0.5) is 13.2 Å². The minimum Gasteiger partial charge on any atom is -0.511 e. The average molecular weight is 610 g/mol. The second kappa shape index (κ2) is 12.2. The molecular weight excluding hydrogens is 571 g/mol. The molecule has 2 aromatic heterocycles. The Labute approximate surface area is 255 Å². The zero-order valence-electron chi connectivity index (χ0n) is 25.5. The first-order valence-electron chi connectivity index (χ1n) is 15.4. The molecule has 234 valence electrons. The second-order valence-corrected chi connectivity index (χ2v) is 12.2. The van der Waals surface area contributed by atoms with Gasteiger partial charge in [-0.2, -0.15) is 23.4 Å². The van der Waals surface area contributed by atoms with E-state index < -0.39 is 35.1 Å². The molecule has 11 heteroatoms. The first kappa shape index (κ1) is 31.5. The number of aliphatic hydroxyl groups is 1. The lowest BCUT2D eigenvalue weighted by molar-refractivity contribution is -0.154. The number of halogens is 3. The molecule has 1 fully saturated rings. The van der Waals surface area contributed by atoms with Crippen molar-refractivity contribution in [2.75, 3.05) is 0 Å². The standard InChI is InChI=1S/C33H38F3N5O3/c1-5-32(6-2,18-37)25-14-12-21(16-26(25)33(34,35)36)11-13-23-28(42)24(30(43)44-29(23)22-9-7-8-10-22)17-27-39-31-38-19(3)15-20(4)41(31)40-27/h12,14-16,22-23,29,42H,5-11,13,17H2,1-4H3. The van der Waals surface area contributed by atoms with Crippen LogP contribution in [-0.4, -0.2) is 36.8 Å². The quantitative estimate of drug-likeness (QED) is 0.258. The Bertz CT molecular complexity index is 1630. The van der Waals surface area contributed by atoms with Crippen molar-refractivity contribution >= 4 is 11.7 Å². The number of nitrogens with zero attached hydrogens (tertiary/aromatic N) is 5. The number of nitriles is 1. The van der Waals surface area contributed by atoms with Gasteiger partial charge in [-0.1, -0.05) is 38.8 Å². The van der Waals surface area contributed by atoms with E-state index in [1.807, 2.05) is 19.9 Å². The molecule has 3 heterocycles. The van der Waals surface area contributed by atoms with Crippen molar-refractivity contribution in [1.29, 1.82) is 5.26 Å². The number of benzene rings is 1. The highest BCUT2D eigenvalue weighted by molar-refractivity contribution is 5.90. The highest BCUT2D eigenvalue weighted by Crippen LogP contribution is 2.43. The van der Waals surface area contributed by atoms with Crippen molar-refractivity contribution < 1.29 is 27.8 Å². The van der Waals surface area contributed by atoms with Gasteiger partial charge in [-0.05, 0) is 81.5 Å². The van der Waals surface area contributed by atoms with Gasteiger partial charge in [0.15, 0.2) is 5.82 Å². The zero-order valence-corrected chi connectivity index (χ0v) is 25.5. The smallest absolute Gasteiger partial charge is 0.416 e. The molecule has 2 unspecified atom stereocenters. The normalized spacial score (nSPS) is 19.9. The number of aryl methyl sites for hydroxylation is 3. The highest BCUT2D eigenvalue weighted by atomic mass is 19.4.